The Morgan fingerprint density at radius 1 is 1.00 bits per heavy atom. The maximum Gasteiger partial charge on any atom is 0.338 e. The molecular formula is C22H22N2O3. The van der Waals surface area contributed by atoms with Crippen molar-refractivity contribution in [2.45, 2.75) is 26.9 Å². The Kier molecular flexibility index (Phi) is 5.41. The first-order valence-electron chi connectivity index (χ1n) is 8.76. The van der Waals surface area contributed by atoms with Gasteiger partial charge in [0.25, 0.3) is 5.91 Å². The van der Waals surface area contributed by atoms with E-state index in [9.17, 15) is 9.59 Å². The molecule has 1 amide bonds. The van der Waals surface area contributed by atoms with Gasteiger partial charge in [0.15, 0.2) is 6.10 Å². The van der Waals surface area contributed by atoms with Crippen molar-refractivity contribution in [2.75, 3.05) is 5.32 Å². The number of hydrogen-bond donors (Lipinski definition) is 1. The van der Waals surface area contributed by atoms with Crippen molar-refractivity contribution in [3.63, 3.8) is 0 Å². The standard InChI is InChI=1S/C22H22N2O3/c1-15-6-7-16(2)20(14-15)23-21(25)17(3)27-22(26)18-8-10-19(11-9-18)24-12-4-5-13-24/h4-14,17H,1-3H3,(H,23,25). The Labute approximate surface area is 158 Å². The van der Waals surface area contributed by atoms with Gasteiger partial charge >= 0.3 is 5.97 Å². The van der Waals surface area contributed by atoms with Crippen LogP contribution < -0.4 is 5.32 Å². The number of benzene rings is 2. The molecule has 138 valence electrons. The molecule has 5 nitrogen and oxygen atoms in total. The van der Waals surface area contributed by atoms with Crippen LogP contribution in [0.25, 0.3) is 5.69 Å². The second-order valence-corrected chi connectivity index (χ2v) is 6.49. The SMILES string of the molecule is Cc1ccc(C)c(NC(=O)C(C)OC(=O)c2ccc(-n3cccc3)cc2)c1. The van der Waals surface area contributed by atoms with E-state index in [1.165, 1.54) is 0 Å². The molecule has 0 fully saturated rings. The van der Waals surface area contributed by atoms with E-state index in [0.29, 0.717) is 5.56 Å². The number of ether oxygens (including phenoxy) is 1. The van der Waals surface area contributed by atoms with E-state index in [0.717, 1.165) is 22.5 Å². The lowest BCUT2D eigenvalue weighted by Crippen LogP contribution is -2.30. The number of hydrogen-bond acceptors (Lipinski definition) is 3. The Bertz CT molecular complexity index is 944. The van der Waals surface area contributed by atoms with E-state index in [2.05, 4.69) is 5.32 Å². The first-order chi connectivity index (χ1) is 12.9. The molecule has 5 heteroatoms. The highest BCUT2D eigenvalue weighted by atomic mass is 16.5. The molecule has 1 heterocycles. The minimum absolute atomic E-state index is 0.360. The molecule has 2 aromatic carbocycles. The van der Waals surface area contributed by atoms with E-state index >= 15 is 0 Å². The molecule has 0 radical (unpaired) electrons. The second kappa shape index (κ2) is 7.91. The number of rotatable bonds is 5. The molecule has 0 aliphatic heterocycles. The number of nitrogens with zero attached hydrogens (tertiary/aromatic N) is 1. The minimum Gasteiger partial charge on any atom is -0.449 e. The third kappa shape index (κ3) is 4.44. The van der Waals surface area contributed by atoms with Gasteiger partial charge in [0.05, 0.1) is 5.56 Å². The Morgan fingerprint density at radius 3 is 2.33 bits per heavy atom. The number of aryl methyl sites for hydroxylation is 2. The molecule has 0 spiro atoms. The Balaban J connectivity index is 1.63. The van der Waals surface area contributed by atoms with Gasteiger partial charge in [0, 0.05) is 23.8 Å². The Morgan fingerprint density at radius 2 is 1.67 bits per heavy atom. The first-order valence-corrected chi connectivity index (χ1v) is 8.76. The lowest BCUT2D eigenvalue weighted by atomic mass is 10.1. The fourth-order valence-electron chi connectivity index (χ4n) is 2.66. The highest BCUT2D eigenvalue weighted by molar-refractivity contribution is 5.97. The fourth-order valence-corrected chi connectivity index (χ4v) is 2.66. The fraction of sp³-hybridized carbons (Fsp3) is 0.182. The quantitative estimate of drug-likeness (QED) is 0.689. The zero-order valence-corrected chi connectivity index (χ0v) is 15.6. The van der Waals surface area contributed by atoms with Crippen molar-refractivity contribution in [1.82, 2.24) is 4.57 Å². The van der Waals surface area contributed by atoms with Gasteiger partial charge in [-0.2, -0.15) is 0 Å². The minimum atomic E-state index is -0.901. The average Bonchev–Trinajstić information content (AvgIpc) is 3.19. The summed E-state index contributed by atoms with van der Waals surface area (Å²) in [7, 11) is 0. The van der Waals surface area contributed by atoms with E-state index in [4.69, 9.17) is 4.74 Å². The molecule has 0 aliphatic rings. The summed E-state index contributed by atoms with van der Waals surface area (Å²) in [6.45, 7) is 5.43. The van der Waals surface area contributed by atoms with Crippen LogP contribution in [0.5, 0.6) is 0 Å². The van der Waals surface area contributed by atoms with Crippen LogP contribution in [0.4, 0.5) is 5.69 Å². The number of carbonyl (C=O) groups is 2. The van der Waals surface area contributed by atoms with Gasteiger partial charge in [-0.1, -0.05) is 12.1 Å². The van der Waals surface area contributed by atoms with Crippen molar-refractivity contribution < 1.29 is 14.3 Å². The summed E-state index contributed by atoms with van der Waals surface area (Å²) in [4.78, 5) is 24.7. The lowest BCUT2D eigenvalue weighted by molar-refractivity contribution is -0.123. The van der Waals surface area contributed by atoms with Crippen LogP contribution in [0, 0.1) is 13.8 Å². The van der Waals surface area contributed by atoms with Crippen molar-refractivity contribution in [2.24, 2.45) is 0 Å². The van der Waals surface area contributed by atoms with Gasteiger partial charge in [0.1, 0.15) is 0 Å². The molecule has 1 aromatic heterocycles. The number of esters is 1. The van der Waals surface area contributed by atoms with Crippen molar-refractivity contribution in [3.05, 3.63) is 83.7 Å². The van der Waals surface area contributed by atoms with Gasteiger partial charge in [-0.15, -0.1) is 0 Å². The molecule has 0 bridgehead atoms. The number of anilines is 1. The van der Waals surface area contributed by atoms with Crippen molar-refractivity contribution >= 4 is 17.6 Å². The summed E-state index contributed by atoms with van der Waals surface area (Å²) < 4.78 is 7.25. The predicted molar refractivity (Wildman–Crippen MR) is 105 cm³/mol. The van der Waals surface area contributed by atoms with Gasteiger partial charge in [-0.25, -0.2) is 4.79 Å². The number of amides is 1. The van der Waals surface area contributed by atoms with E-state index in [-0.39, 0.29) is 5.91 Å². The molecule has 3 aromatic rings. The largest absolute Gasteiger partial charge is 0.449 e. The monoisotopic (exact) mass is 362 g/mol. The summed E-state index contributed by atoms with van der Waals surface area (Å²) in [5.74, 6) is -0.890. The Hall–Kier alpha value is -3.34. The van der Waals surface area contributed by atoms with Gasteiger partial charge in [0.2, 0.25) is 0 Å². The topological polar surface area (TPSA) is 60.3 Å². The second-order valence-electron chi connectivity index (χ2n) is 6.49. The van der Waals surface area contributed by atoms with Crippen molar-refractivity contribution in [3.8, 4) is 5.69 Å². The van der Waals surface area contributed by atoms with Gasteiger partial charge < -0.3 is 14.6 Å². The maximum atomic E-state index is 12.4. The highest BCUT2D eigenvalue weighted by Gasteiger charge is 2.19. The van der Waals surface area contributed by atoms with Gasteiger partial charge in [-0.3, -0.25) is 4.79 Å². The zero-order valence-electron chi connectivity index (χ0n) is 15.6. The summed E-state index contributed by atoms with van der Waals surface area (Å²) in [6, 6.07) is 16.7. The predicted octanol–water partition coefficient (Wildman–Crippen LogP) is 4.28. The summed E-state index contributed by atoms with van der Waals surface area (Å²) >= 11 is 0. The van der Waals surface area contributed by atoms with Crippen LogP contribution in [0.1, 0.15) is 28.4 Å². The van der Waals surface area contributed by atoms with Crippen molar-refractivity contribution in [1.29, 1.82) is 0 Å². The van der Waals surface area contributed by atoms with Crippen LogP contribution in [-0.4, -0.2) is 22.5 Å². The zero-order chi connectivity index (χ0) is 19.4. The molecule has 0 saturated carbocycles. The molecule has 0 saturated heterocycles. The number of aromatic nitrogens is 1. The van der Waals surface area contributed by atoms with E-state index < -0.39 is 12.1 Å². The molecule has 1 atom stereocenters. The summed E-state index contributed by atoms with van der Waals surface area (Å²) in [6.07, 6.45) is 2.95. The maximum absolute atomic E-state index is 12.4. The molecule has 3 rings (SSSR count). The third-order valence-corrected chi connectivity index (χ3v) is 4.31. The van der Waals surface area contributed by atoms with Crippen LogP contribution in [-0.2, 0) is 9.53 Å². The van der Waals surface area contributed by atoms with Crippen LogP contribution in [0.2, 0.25) is 0 Å². The highest BCUT2D eigenvalue weighted by Crippen LogP contribution is 2.17. The van der Waals surface area contributed by atoms with E-state index in [1.807, 2.05) is 73.3 Å². The van der Waals surface area contributed by atoms with Gasteiger partial charge in [-0.05, 0) is 74.4 Å². The van der Waals surface area contributed by atoms with Crippen LogP contribution in [0.15, 0.2) is 67.0 Å². The normalized spacial score (nSPS) is 11.7. The molecular weight excluding hydrogens is 340 g/mol. The smallest absolute Gasteiger partial charge is 0.338 e. The number of carbonyl (C=O) groups excluding carboxylic acids is 2. The number of nitrogens with one attached hydrogen (secondary N) is 1. The third-order valence-electron chi connectivity index (χ3n) is 4.31. The molecule has 1 unspecified atom stereocenters. The average molecular weight is 362 g/mol. The molecule has 0 aliphatic carbocycles. The van der Waals surface area contributed by atoms with Crippen LogP contribution >= 0.6 is 0 Å². The van der Waals surface area contributed by atoms with Crippen LogP contribution in [0.3, 0.4) is 0 Å². The lowest BCUT2D eigenvalue weighted by Gasteiger charge is -2.15. The molecule has 1 N–H and O–H groups in total. The molecule has 27 heavy (non-hydrogen) atoms. The summed E-state index contributed by atoms with van der Waals surface area (Å²) in [5.41, 5.74) is 4.06. The summed E-state index contributed by atoms with van der Waals surface area (Å²) in [5, 5.41) is 2.82. The first kappa shape index (κ1) is 18.5. The van der Waals surface area contributed by atoms with E-state index in [1.54, 1.807) is 19.1 Å².